The van der Waals surface area contributed by atoms with Gasteiger partial charge in [0.05, 0.1) is 10.6 Å². The lowest BCUT2D eigenvalue weighted by atomic mass is 10.0. The van der Waals surface area contributed by atoms with Gasteiger partial charge in [-0.2, -0.15) is 0 Å². The zero-order valence-electron chi connectivity index (χ0n) is 15.8. The molecule has 0 aliphatic heterocycles. The molecule has 2 aromatic carbocycles. The number of amides is 2. The molecule has 1 atom stereocenters. The molecule has 3 rings (SSSR count). The molecule has 8 heteroatoms. The van der Waals surface area contributed by atoms with Gasteiger partial charge in [-0.25, -0.2) is 4.39 Å². The molecule has 0 saturated carbocycles. The predicted molar refractivity (Wildman–Crippen MR) is 107 cm³/mol. The summed E-state index contributed by atoms with van der Waals surface area (Å²) in [5.74, 6) is -1.41. The maximum Gasteiger partial charge on any atom is 0.257 e. The van der Waals surface area contributed by atoms with E-state index in [4.69, 9.17) is 16.1 Å². The number of nitrogens with one attached hydrogen (secondary N) is 2. The highest BCUT2D eigenvalue weighted by molar-refractivity contribution is 6.33. The van der Waals surface area contributed by atoms with Gasteiger partial charge in [0.15, 0.2) is 0 Å². The smallest absolute Gasteiger partial charge is 0.257 e. The Morgan fingerprint density at radius 3 is 2.59 bits per heavy atom. The molecular weight excluding hydrogens is 397 g/mol. The minimum Gasteiger partial charge on any atom is -0.360 e. The van der Waals surface area contributed by atoms with Gasteiger partial charge in [0, 0.05) is 6.54 Å². The van der Waals surface area contributed by atoms with Crippen LogP contribution in [0.3, 0.4) is 0 Å². The summed E-state index contributed by atoms with van der Waals surface area (Å²) in [5.41, 5.74) is 0.919. The Bertz CT molecular complexity index is 1020. The zero-order chi connectivity index (χ0) is 21.0. The van der Waals surface area contributed by atoms with Crippen molar-refractivity contribution >= 4 is 23.4 Å². The Balaban J connectivity index is 1.74. The number of nitrogens with zero attached hydrogens (tertiary/aromatic N) is 1. The zero-order valence-corrected chi connectivity index (χ0v) is 16.6. The van der Waals surface area contributed by atoms with Crippen LogP contribution in [0.15, 0.2) is 53.1 Å². The second-order valence-electron chi connectivity index (χ2n) is 6.46. The first-order valence-corrected chi connectivity index (χ1v) is 9.29. The Kier molecular flexibility index (Phi) is 6.29. The van der Waals surface area contributed by atoms with Crippen LogP contribution in [-0.4, -0.2) is 23.0 Å². The van der Waals surface area contributed by atoms with Crippen LogP contribution >= 0.6 is 11.6 Å². The highest BCUT2D eigenvalue weighted by Gasteiger charge is 2.27. The number of hydrogen-bond donors (Lipinski definition) is 2. The molecular formula is C21H19ClFN3O3. The average Bonchev–Trinajstić information content (AvgIpc) is 3.08. The maximum absolute atomic E-state index is 14.3. The van der Waals surface area contributed by atoms with Crippen molar-refractivity contribution in [1.82, 2.24) is 15.8 Å². The molecule has 1 heterocycles. The largest absolute Gasteiger partial charge is 0.360 e. The lowest BCUT2D eigenvalue weighted by molar-refractivity contribution is -0.122. The van der Waals surface area contributed by atoms with Gasteiger partial charge in [0.2, 0.25) is 5.91 Å². The average molecular weight is 416 g/mol. The van der Waals surface area contributed by atoms with Crippen molar-refractivity contribution in [3.8, 4) is 11.3 Å². The van der Waals surface area contributed by atoms with Crippen LogP contribution in [0.5, 0.6) is 0 Å². The lowest BCUT2D eigenvalue weighted by Gasteiger charge is -2.14. The normalized spacial score (nSPS) is 11.7. The summed E-state index contributed by atoms with van der Waals surface area (Å²) in [6.07, 6.45) is 0. The summed E-state index contributed by atoms with van der Waals surface area (Å²) in [5, 5.41) is 9.24. The molecule has 0 fully saturated rings. The van der Waals surface area contributed by atoms with E-state index >= 15 is 0 Å². The van der Waals surface area contributed by atoms with Gasteiger partial charge in [0.25, 0.3) is 5.91 Å². The van der Waals surface area contributed by atoms with Gasteiger partial charge >= 0.3 is 0 Å². The third kappa shape index (κ3) is 4.63. The van der Waals surface area contributed by atoms with E-state index in [-0.39, 0.29) is 33.5 Å². The number of halogens is 2. The van der Waals surface area contributed by atoms with Crippen LogP contribution < -0.4 is 10.6 Å². The highest BCUT2D eigenvalue weighted by Crippen LogP contribution is 2.33. The molecule has 150 valence electrons. The molecule has 0 bridgehead atoms. The molecule has 0 radical (unpaired) electrons. The molecule has 0 aliphatic carbocycles. The summed E-state index contributed by atoms with van der Waals surface area (Å²) < 4.78 is 19.4. The van der Waals surface area contributed by atoms with E-state index in [1.54, 1.807) is 6.92 Å². The third-order valence-electron chi connectivity index (χ3n) is 4.34. The van der Waals surface area contributed by atoms with Gasteiger partial charge in [-0.1, -0.05) is 53.2 Å². The van der Waals surface area contributed by atoms with Gasteiger partial charge in [-0.3, -0.25) is 9.59 Å². The number of benzene rings is 2. The van der Waals surface area contributed by atoms with Gasteiger partial charge < -0.3 is 15.2 Å². The van der Waals surface area contributed by atoms with Crippen molar-refractivity contribution in [2.24, 2.45) is 0 Å². The fourth-order valence-electron chi connectivity index (χ4n) is 2.81. The van der Waals surface area contributed by atoms with Crippen LogP contribution in [0.25, 0.3) is 11.3 Å². The van der Waals surface area contributed by atoms with Crippen LogP contribution in [0.2, 0.25) is 5.02 Å². The first-order chi connectivity index (χ1) is 13.9. The summed E-state index contributed by atoms with van der Waals surface area (Å²) in [7, 11) is 0. The van der Waals surface area contributed by atoms with Crippen molar-refractivity contribution in [3.05, 3.63) is 76.3 Å². The molecule has 1 unspecified atom stereocenters. The first kappa shape index (κ1) is 20.5. The second-order valence-corrected chi connectivity index (χ2v) is 6.86. The molecule has 29 heavy (non-hydrogen) atoms. The number of rotatable bonds is 6. The van der Waals surface area contributed by atoms with E-state index in [0.29, 0.717) is 6.54 Å². The molecule has 1 aromatic heterocycles. The van der Waals surface area contributed by atoms with E-state index in [1.807, 2.05) is 30.3 Å². The van der Waals surface area contributed by atoms with Crippen molar-refractivity contribution in [1.29, 1.82) is 0 Å². The number of aromatic nitrogens is 1. The maximum atomic E-state index is 14.3. The Morgan fingerprint density at radius 1 is 1.17 bits per heavy atom. The minimum atomic E-state index is -0.829. The fraction of sp³-hybridized carbons (Fsp3) is 0.190. The number of carbonyl (C=O) groups excluding carboxylic acids is 2. The van der Waals surface area contributed by atoms with Crippen LogP contribution in [0.4, 0.5) is 4.39 Å². The molecule has 0 aliphatic rings. The number of aryl methyl sites for hydroxylation is 1. The van der Waals surface area contributed by atoms with E-state index in [2.05, 4.69) is 15.8 Å². The monoisotopic (exact) mass is 415 g/mol. The summed E-state index contributed by atoms with van der Waals surface area (Å²) in [6, 6.07) is 12.7. The van der Waals surface area contributed by atoms with Crippen LogP contribution in [-0.2, 0) is 11.3 Å². The minimum absolute atomic E-state index is 0.0139. The lowest BCUT2D eigenvalue weighted by Crippen LogP contribution is -2.44. The van der Waals surface area contributed by atoms with Crippen molar-refractivity contribution < 1.29 is 18.5 Å². The Hall–Kier alpha value is -3.19. The first-order valence-electron chi connectivity index (χ1n) is 8.91. The standard InChI is InChI=1S/C21H19ClFN3O3/c1-12(20(27)24-11-14-7-4-3-5-8-14)25-21(28)17-13(2)29-26-19(17)18-15(22)9-6-10-16(18)23/h3-10,12H,11H2,1-2H3,(H,24,27)(H,25,28). The molecule has 6 nitrogen and oxygen atoms in total. The Labute approximate surface area is 172 Å². The van der Waals surface area contributed by atoms with Gasteiger partial charge in [0.1, 0.15) is 28.9 Å². The topological polar surface area (TPSA) is 84.2 Å². The SMILES string of the molecule is Cc1onc(-c2c(F)cccc2Cl)c1C(=O)NC(C)C(=O)NCc1ccccc1. The third-order valence-corrected chi connectivity index (χ3v) is 4.65. The van der Waals surface area contributed by atoms with Gasteiger partial charge in [-0.05, 0) is 31.5 Å². The molecule has 2 N–H and O–H groups in total. The molecule has 0 spiro atoms. The highest BCUT2D eigenvalue weighted by atomic mass is 35.5. The number of carbonyl (C=O) groups is 2. The molecule has 0 saturated heterocycles. The predicted octanol–water partition coefficient (Wildman–Crippen LogP) is 3.88. The molecule has 2 amide bonds. The molecule has 3 aromatic rings. The summed E-state index contributed by atoms with van der Waals surface area (Å²) in [6.45, 7) is 3.42. The van der Waals surface area contributed by atoms with Gasteiger partial charge in [-0.15, -0.1) is 0 Å². The van der Waals surface area contributed by atoms with Crippen LogP contribution in [0, 0.1) is 12.7 Å². The number of hydrogen-bond acceptors (Lipinski definition) is 4. The van der Waals surface area contributed by atoms with E-state index in [9.17, 15) is 14.0 Å². The van der Waals surface area contributed by atoms with E-state index in [1.165, 1.54) is 25.1 Å². The summed E-state index contributed by atoms with van der Waals surface area (Å²) in [4.78, 5) is 25.1. The summed E-state index contributed by atoms with van der Waals surface area (Å²) >= 11 is 6.09. The van der Waals surface area contributed by atoms with E-state index in [0.717, 1.165) is 5.56 Å². The second kappa shape index (κ2) is 8.87. The van der Waals surface area contributed by atoms with E-state index < -0.39 is 17.8 Å². The quantitative estimate of drug-likeness (QED) is 0.640. The Morgan fingerprint density at radius 2 is 1.90 bits per heavy atom. The van der Waals surface area contributed by atoms with Crippen LogP contribution in [0.1, 0.15) is 28.6 Å². The van der Waals surface area contributed by atoms with Crippen molar-refractivity contribution in [2.75, 3.05) is 0 Å². The fourth-order valence-corrected chi connectivity index (χ4v) is 3.06. The van der Waals surface area contributed by atoms with Crippen molar-refractivity contribution in [3.63, 3.8) is 0 Å². The van der Waals surface area contributed by atoms with Crippen molar-refractivity contribution in [2.45, 2.75) is 26.4 Å².